The van der Waals surface area contributed by atoms with Gasteiger partial charge >= 0.3 is 104 Å². The van der Waals surface area contributed by atoms with Crippen molar-refractivity contribution in [1.29, 1.82) is 0 Å². The third-order valence-corrected chi connectivity index (χ3v) is 8.74. The summed E-state index contributed by atoms with van der Waals surface area (Å²) < 4.78 is 2.44. The molecule has 1 N–H and O–H groups in total. The second-order valence-electron chi connectivity index (χ2n) is 5.26. The molecule has 0 aliphatic rings. The Balaban J connectivity index is 2.72. The van der Waals surface area contributed by atoms with E-state index in [1.807, 2.05) is 13.0 Å². The number of benzene rings is 1. The van der Waals surface area contributed by atoms with Crippen LogP contribution in [0, 0.1) is 6.92 Å². The molecular weight excluding hydrogens is 323 g/mol. The maximum atomic E-state index is 11.0. The van der Waals surface area contributed by atoms with Crippen LogP contribution in [0.15, 0.2) is 18.2 Å². The van der Waals surface area contributed by atoms with Crippen molar-refractivity contribution in [3.8, 4) is 0 Å². The summed E-state index contributed by atoms with van der Waals surface area (Å²) in [6.07, 6.45) is -1.03. The topological polar surface area (TPSA) is 55.1 Å². The van der Waals surface area contributed by atoms with Gasteiger partial charge in [-0.3, -0.25) is 0 Å². The third kappa shape index (κ3) is 2.18. The summed E-state index contributed by atoms with van der Waals surface area (Å²) in [7, 11) is 0. The van der Waals surface area contributed by atoms with Crippen LogP contribution in [0.2, 0.25) is 14.8 Å². The van der Waals surface area contributed by atoms with E-state index in [1.54, 1.807) is 0 Å². The fraction of sp³-hybridized carbons (Fsp3) is 0.333. The first kappa shape index (κ1) is 12.4. The molecule has 1 heterocycles. The normalized spacial score (nSPS) is 12.0. The van der Waals surface area contributed by atoms with Crippen LogP contribution in [0.5, 0.6) is 0 Å². The van der Waals surface area contributed by atoms with Crippen LogP contribution in [-0.2, 0) is 0 Å². The summed E-state index contributed by atoms with van der Waals surface area (Å²) >= 11 is -2.10. The fourth-order valence-corrected chi connectivity index (χ4v) is 5.19. The molecule has 0 spiro atoms. The SMILES string of the molecule is Cc1nn(C(=O)O)c2cc[c]([Sn]([CH3])([CH3])[CH3])cc12. The minimum atomic E-state index is -2.10. The summed E-state index contributed by atoms with van der Waals surface area (Å²) in [6.45, 7) is 1.85. The van der Waals surface area contributed by atoms with E-state index in [2.05, 4.69) is 32.1 Å². The van der Waals surface area contributed by atoms with Gasteiger partial charge in [0.05, 0.1) is 0 Å². The molecule has 17 heavy (non-hydrogen) atoms. The molecule has 5 heteroatoms. The monoisotopic (exact) mass is 340 g/mol. The van der Waals surface area contributed by atoms with Crippen LogP contribution in [0.4, 0.5) is 4.79 Å². The molecule has 1 aromatic carbocycles. The fourth-order valence-electron chi connectivity index (χ4n) is 1.88. The third-order valence-electron chi connectivity index (χ3n) is 2.91. The average molecular weight is 339 g/mol. The molecule has 2 rings (SSSR count). The first-order valence-corrected chi connectivity index (χ1v) is 15.5. The van der Waals surface area contributed by atoms with Gasteiger partial charge in [-0.25, -0.2) is 0 Å². The summed E-state index contributed by atoms with van der Waals surface area (Å²) in [5.74, 6) is 0. The Morgan fingerprint density at radius 3 is 2.53 bits per heavy atom. The second kappa shape index (κ2) is 4.01. The number of aryl methyl sites for hydroxylation is 1. The molecule has 0 atom stereocenters. The molecule has 0 aliphatic heterocycles. The molecule has 4 nitrogen and oxygen atoms in total. The van der Waals surface area contributed by atoms with Crippen molar-refractivity contribution in [2.24, 2.45) is 0 Å². The van der Waals surface area contributed by atoms with E-state index in [0.717, 1.165) is 15.8 Å². The minimum absolute atomic E-state index is 0.675. The van der Waals surface area contributed by atoms with Crippen molar-refractivity contribution in [2.75, 3.05) is 0 Å². The average Bonchev–Trinajstić information content (AvgIpc) is 2.55. The van der Waals surface area contributed by atoms with E-state index in [0.29, 0.717) is 5.52 Å². The van der Waals surface area contributed by atoms with Gasteiger partial charge in [-0.1, -0.05) is 0 Å². The molecule has 0 radical (unpaired) electrons. The van der Waals surface area contributed by atoms with Gasteiger partial charge < -0.3 is 0 Å². The van der Waals surface area contributed by atoms with E-state index >= 15 is 0 Å². The van der Waals surface area contributed by atoms with E-state index in [4.69, 9.17) is 5.11 Å². The zero-order valence-corrected chi connectivity index (χ0v) is 13.3. The quantitative estimate of drug-likeness (QED) is 0.812. The van der Waals surface area contributed by atoms with E-state index in [9.17, 15) is 4.79 Å². The van der Waals surface area contributed by atoms with Gasteiger partial charge in [0.2, 0.25) is 0 Å². The number of hydrogen-bond acceptors (Lipinski definition) is 2. The standard InChI is InChI=1S/C9H7N2O2.3CH3.Sn/c1-6-7-4-2-3-5-8(7)11(10-6)9(12)13;;;;/h3-5H,1H3,(H,12,13);3*1H3;. The zero-order chi connectivity index (χ0) is 12.8. The Morgan fingerprint density at radius 1 is 1.35 bits per heavy atom. The number of aromatic nitrogens is 2. The van der Waals surface area contributed by atoms with Gasteiger partial charge in [-0.15, -0.1) is 0 Å². The predicted molar refractivity (Wildman–Crippen MR) is 70.9 cm³/mol. The zero-order valence-electron chi connectivity index (χ0n) is 10.5. The van der Waals surface area contributed by atoms with E-state index in [-0.39, 0.29) is 0 Å². The predicted octanol–water partition coefficient (Wildman–Crippen LogP) is 2.42. The summed E-state index contributed by atoms with van der Waals surface area (Å²) in [5, 5.41) is 14.0. The Bertz CT molecular complexity index is 596. The molecule has 90 valence electrons. The first-order valence-electron chi connectivity index (χ1n) is 5.54. The molecule has 2 aromatic rings. The van der Waals surface area contributed by atoms with Crippen molar-refractivity contribution >= 4 is 39.0 Å². The van der Waals surface area contributed by atoms with E-state index in [1.165, 1.54) is 3.58 Å². The van der Waals surface area contributed by atoms with Gasteiger partial charge in [0.1, 0.15) is 0 Å². The van der Waals surface area contributed by atoms with Crippen molar-refractivity contribution in [2.45, 2.75) is 21.7 Å². The summed E-state index contributed by atoms with van der Waals surface area (Å²) in [4.78, 5) is 18.0. The number of hydrogen-bond donors (Lipinski definition) is 1. The molecule has 0 saturated carbocycles. The molecule has 0 saturated heterocycles. The Morgan fingerprint density at radius 2 is 2.00 bits per heavy atom. The summed E-state index contributed by atoms with van der Waals surface area (Å²) in [5.41, 5.74) is 1.45. The van der Waals surface area contributed by atoms with Crippen LogP contribution in [0.25, 0.3) is 10.9 Å². The van der Waals surface area contributed by atoms with Crippen molar-refractivity contribution in [3.63, 3.8) is 0 Å². The van der Waals surface area contributed by atoms with Gasteiger partial charge in [0.25, 0.3) is 0 Å². The second-order valence-corrected chi connectivity index (χ2v) is 19.8. The van der Waals surface area contributed by atoms with Crippen LogP contribution in [0.3, 0.4) is 0 Å². The van der Waals surface area contributed by atoms with E-state index < -0.39 is 24.5 Å². The molecule has 0 amide bonds. The van der Waals surface area contributed by atoms with Gasteiger partial charge in [0.15, 0.2) is 0 Å². The Kier molecular flexibility index (Phi) is 2.93. The van der Waals surface area contributed by atoms with Gasteiger partial charge in [-0.05, 0) is 0 Å². The maximum absolute atomic E-state index is 11.0. The van der Waals surface area contributed by atoms with Crippen molar-refractivity contribution in [3.05, 3.63) is 23.9 Å². The van der Waals surface area contributed by atoms with Crippen molar-refractivity contribution in [1.82, 2.24) is 9.78 Å². The number of rotatable bonds is 1. The van der Waals surface area contributed by atoms with Crippen LogP contribution >= 0.6 is 0 Å². The molecule has 0 aliphatic carbocycles. The van der Waals surface area contributed by atoms with Gasteiger partial charge in [-0.2, -0.15) is 0 Å². The first-order chi connectivity index (χ1) is 7.80. The molecular formula is C12H16N2O2Sn. The molecule has 0 unspecified atom stereocenters. The van der Waals surface area contributed by atoms with Crippen LogP contribution in [-0.4, -0.2) is 39.4 Å². The number of fused-ring (bicyclic) bond motifs is 1. The van der Waals surface area contributed by atoms with Crippen LogP contribution < -0.4 is 3.58 Å². The molecule has 1 aromatic heterocycles. The van der Waals surface area contributed by atoms with Crippen LogP contribution in [0.1, 0.15) is 5.69 Å². The Labute approximate surface area is 104 Å². The Hall–Kier alpha value is -1.04. The molecule has 0 fully saturated rings. The molecule has 0 bridgehead atoms. The van der Waals surface area contributed by atoms with Crippen molar-refractivity contribution < 1.29 is 9.90 Å². The summed E-state index contributed by atoms with van der Waals surface area (Å²) in [6, 6.07) is 6.05. The van der Waals surface area contributed by atoms with Gasteiger partial charge in [0, 0.05) is 0 Å². The number of nitrogens with zero attached hydrogens (tertiary/aromatic N) is 2. The number of carboxylic acid groups (broad SMARTS) is 1. The number of carbonyl (C=O) groups is 1.